The van der Waals surface area contributed by atoms with Crippen molar-refractivity contribution in [2.45, 2.75) is 25.8 Å². The quantitative estimate of drug-likeness (QED) is 0.811. The molecule has 1 aliphatic heterocycles. The number of aliphatic carboxylic acids is 1. The van der Waals surface area contributed by atoms with Gasteiger partial charge in [-0.3, -0.25) is 4.79 Å². The van der Waals surface area contributed by atoms with Crippen molar-refractivity contribution >= 4 is 17.6 Å². The Balaban J connectivity index is 2.32. The van der Waals surface area contributed by atoms with Gasteiger partial charge >= 0.3 is 5.97 Å². The number of fused-ring (bicyclic) bond motifs is 1. The fourth-order valence-corrected chi connectivity index (χ4v) is 2.25. The van der Waals surface area contributed by atoms with E-state index < -0.39 is 5.97 Å². The highest BCUT2D eigenvalue weighted by Crippen LogP contribution is 2.30. The van der Waals surface area contributed by atoms with Crippen LogP contribution in [0.2, 0.25) is 0 Å². The molecule has 4 nitrogen and oxygen atoms in total. The minimum atomic E-state index is -1.11. The largest absolute Gasteiger partial charge is 0.478 e. The second kappa shape index (κ2) is 5.04. The summed E-state index contributed by atoms with van der Waals surface area (Å²) in [6.45, 7) is 1.97. The van der Waals surface area contributed by atoms with E-state index in [4.69, 9.17) is 5.11 Å². The van der Waals surface area contributed by atoms with Crippen LogP contribution in [0.25, 0.3) is 0 Å². The zero-order valence-corrected chi connectivity index (χ0v) is 10.2. The van der Waals surface area contributed by atoms with Gasteiger partial charge in [0.2, 0.25) is 0 Å². The van der Waals surface area contributed by atoms with Crippen LogP contribution in [0.4, 0.5) is 5.69 Å². The monoisotopic (exact) mass is 245 g/mol. The lowest BCUT2D eigenvalue weighted by atomic mass is 9.96. The van der Waals surface area contributed by atoms with Gasteiger partial charge in [-0.2, -0.15) is 0 Å². The smallest absolute Gasteiger partial charge is 0.328 e. The molecule has 0 saturated carbocycles. The standard InChI is InChI=1S/C14H15NO3/c1-10-6-7-11-4-2-3-5-12(11)15(10)13(16)8-9-14(17)18/h2-5,8-10H,6-7H2,1H3,(H,17,18)/b9-8+. The van der Waals surface area contributed by atoms with E-state index in [1.54, 1.807) is 4.90 Å². The third-order valence-corrected chi connectivity index (χ3v) is 3.13. The molecule has 0 aliphatic carbocycles. The summed E-state index contributed by atoms with van der Waals surface area (Å²) in [5.74, 6) is -1.39. The topological polar surface area (TPSA) is 57.6 Å². The molecule has 1 aliphatic rings. The van der Waals surface area contributed by atoms with E-state index in [0.717, 1.165) is 36.2 Å². The number of carbonyl (C=O) groups excluding carboxylic acids is 1. The predicted molar refractivity (Wildman–Crippen MR) is 68.5 cm³/mol. The molecular formula is C14H15NO3. The summed E-state index contributed by atoms with van der Waals surface area (Å²) in [7, 11) is 0. The molecule has 0 saturated heterocycles. The number of hydrogen-bond acceptors (Lipinski definition) is 2. The molecule has 0 spiro atoms. The zero-order valence-electron chi connectivity index (χ0n) is 10.2. The summed E-state index contributed by atoms with van der Waals surface area (Å²) in [5.41, 5.74) is 2.02. The Morgan fingerprint density at radius 2 is 2.06 bits per heavy atom. The Morgan fingerprint density at radius 3 is 2.78 bits per heavy atom. The molecule has 1 amide bonds. The summed E-state index contributed by atoms with van der Waals surface area (Å²) >= 11 is 0. The normalized spacial score (nSPS) is 18.7. The molecule has 0 radical (unpaired) electrons. The molecule has 1 aromatic carbocycles. The van der Waals surface area contributed by atoms with E-state index in [-0.39, 0.29) is 11.9 Å². The number of hydrogen-bond donors (Lipinski definition) is 1. The second-order valence-corrected chi connectivity index (χ2v) is 4.40. The van der Waals surface area contributed by atoms with Gasteiger partial charge in [0.1, 0.15) is 0 Å². The Morgan fingerprint density at radius 1 is 1.33 bits per heavy atom. The van der Waals surface area contributed by atoms with Crippen LogP contribution in [-0.2, 0) is 16.0 Å². The number of nitrogens with zero attached hydrogens (tertiary/aromatic N) is 1. The van der Waals surface area contributed by atoms with Crippen molar-refractivity contribution in [3.05, 3.63) is 42.0 Å². The van der Waals surface area contributed by atoms with Gasteiger partial charge < -0.3 is 10.0 Å². The number of amides is 1. The zero-order chi connectivity index (χ0) is 13.1. The molecule has 0 bridgehead atoms. The molecule has 2 rings (SSSR count). The van der Waals surface area contributed by atoms with Crippen LogP contribution in [-0.4, -0.2) is 23.0 Å². The highest BCUT2D eigenvalue weighted by atomic mass is 16.4. The van der Waals surface area contributed by atoms with Crippen molar-refractivity contribution in [1.29, 1.82) is 0 Å². The van der Waals surface area contributed by atoms with Gasteiger partial charge in [0, 0.05) is 23.9 Å². The number of aryl methyl sites for hydroxylation is 1. The van der Waals surface area contributed by atoms with Gasteiger partial charge in [-0.25, -0.2) is 4.79 Å². The van der Waals surface area contributed by atoms with Crippen LogP contribution in [0, 0.1) is 0 Å². The summed E-state index contributed by atoms with van der Waals surface area (Å²) < 4.78 is 0. The van der Waals surface area contributed by atoms with E-state index >= 15 is 0 Å². The lowest BCUT2D eigenvalue weighted by Gasteiger charge is -2.34. The minimum absolute atomic E-state index is 0.0887. The van der Waals surface area contributed by atoms with E-state index in [2.05, 4.69) is 0 Å². The van der Waals surface area contributed by atoms with Crippen LogP contribution in [0.15, 0.2) is 36.4 Å². The first kappa shape index (κ1) is 12.4. The summed E-state index contributed by atoms with van der Waals surface area (Å²) in [6.07, 6.45) is 3.83. The third kappa shape index (κ3) is 2.42. The van der Waals surface area contributed by atoms with E-state index in [1.807, 2.05) is 31.2 Å². The highest BCUT2D eigenvalue weighted by molar-refractivity contribution is 6.05. The molecule has 4 heteroatoms. The fraction of sp³-hybridized carbons (Fsp3) is 0.286. The summed E-state index contributed by atoms with van der Waals surface area (Å²) in [5, 5.41) is 8.56. The van der Waals surface area contributed by atoms with Crippen LogP contribution >= 0.6 is 0 Å². The molecule has 94 valence electrons. The lowest BCUT2D eigenvalue weighted by molar-refractivity contribution is -0.131. The summed E-state index contributed by atoms with van der Waals surface area (Å²) in [4.78, 5) is 24.2. The molecule has 1 atom stereocenters. The molecular weight excluding hydrogens is 230 g/mol. The molecule has 1 heterocycles. The SMILES string of the molecule is CC1CCc2ccccc2N1C(=O)/C=C/C(=O)O. The molecule has 0 fully saturated rings. The van der Waals surface area contributed by atoms with E-state index in [9.17, 15) is 9.59 Å². The predicted octanol–water partition coefficient (Wildman–Crippen LogP) is 2.00. The number of benzene rings is 1. The van der Waals surface area contributed by atoms with Gasteiger partial charge in [0.25, 0.3) is 5.91 Å². The van der Waals surface area contributed by atoms with Gasteiger partial charge in [-0.1, -0.05) is 18.2 Å². The number of rotatable bonds is 2. The van der Waals surface area contributed by atoms with Crippen LogP contribution in [0.3, 0.4) is 0 Å². The average Bonchev–Trinajstić information content (AvgIpc) is 2.36. The molecule has 1 N–H and O–H groups in total. The Labute approximate surface area is 106 Å². The van der Waals surface area contributed by atoms with Crippen LogP contribution < -0.4 is 4.90 Å². The molecule has 1 unspecified atom stereocenters. The first-order chi connectivity index (χ1) is 8.59. The number of carboxylic acid groups (broad SMARTS) is 1. The number of carbonyl (C=O) groups is 2. The number of anilines is 1. The van der Waals surface area contributed by atoms with Crippen molar-refractivity contribution in [3.63, 3.8) is 0 Å². The van der Waals surface area contributed by atoms with Crippen molar-refractivity contribution in [1.82, 2.24) is 0 Å². The lowest BCUT2D eigenvalue weighted by Crippen LogP contribution is -2.41. The van der Waals surface area contributed by atoms with Gasteiger partial charge in [-0.05, 0) is 31.4 Å². The van der Waals surface area contributed by atoms with Gasteiger partial charge in [0.15, 0.2) is 0 Å². The van der Waals surface area contributed by atoms with E-state index in [0.29, 0.717) is 0 Å². The molecule has 18 heavy (non-hydrogen) atoms. The maximum absolute atomic E-state index is 12.1. The average molecular weight is 245 g/mol. The fourth-order valence-electron chi connectivity index (χ4n) is 2.25. The van der Waals surface area contributed by atoms with Crippen molar-refractivity contribution in [3.8, 4) is 0 Å². The molecule has 1 aromatic rings. The maximum Gasteiger partial charge on any atom is 0.328 e. The minimum Gasteiger partial charge on any atom is -0.478 e. The van der Waals surface area contributed by atoms with Crippen LogP contribution in [0.1, 0.15) is 18.9 Å². The van der Waals surface area contributed by atoms with Crippen molar-refractivity contribution in [2.75, 3.05) is 4.90 Å². The summed E-state index contributed by atoms with van der Waals surface area (Å²) in [6, 6.07) is 7.83. The first-order valence-corrected chi connectivity index (χ1v) is 5.91. The van der Waals surface area contributed by atoms with Gasteiger partial charge in [-0.15, -0.1) is 0 Å². The van der Waals surface area contributed by atoms with Crippen molar-refractivity contribution < 1.29 is 14.7 Å². The Kier molecular flexibility index (Phi) is 3.46. The van der Waals surface area contributed by atoms with Crippen molar-refractivity contribution in [2.24, 2.45) is 0 Å². The Bertz CT molecular complexity index is 508. The van der Waals surface area contributed by atoms with Crippen LogP contribution in [0.5, 0.6) is 0 Å². The maximum atomic E-state index is 12.1. The first-order valence-electron chi connectivity index (χ1n) is 5.91. The number of carboxylic acids is 1. The molecule has 0 aromatic heterocycles. The van der Waals surface area contributed by atoms with Gasteiger partial charge in [0.05, 0.1) is 0 Å². The third-order valence-electron chi connectivity index (χ3n) is 3.13. The number of para-hydroxylation sites is 1. The Hall–Kier alpha value is -2.10. The highest BCUT2D eigenvalue weighted by Gasteiger charge is 2.26. The van der Waals surface area contributed by atoms with E-state index in [1.165, 1.54) is 0 Å². The second-order valence-electron chi connectivity index (χ2n) is 4.40.